The van der Waals surface area contributed by atoms with Crippen LogP contribution < -0.4 is 0 Å². The largest absolute Gasteiger partial charge is 0.340 e. The van der Waals surface area contributed by atoms with Crippen molar-refractivity contribution in [1.29, 1.82) is 0 Å². The number of hydrogen-bond acceptors (Lipinski definition) is 2. The Morgan fingerprint density at radius 3 is 2.83 bits per heavy atom. The van der Waals surface area contributed by atoms with Crippen LogP contribution in [0.15, 0.2) is 28.4 Å². The van der Waals surface area contributed by atoms with Gasteiger partial charge in [0.1, 0.15) is 0 Å². The van der Waals surface area contributed by atoms with Crippen LogP contribution in [-0.4, -0.2) is 9.55 Å². The van der Waals surface area contributed by atoms with Crippen molar-refractivity contribution in [1.82, 2.24) is 9.55 Å². The van der Waals surface area contributed by atoms with E-state index in [1.54, 1.807) is 11.3 Å². The molecule has 62 valence electrons. The van der Waals surface area contributed by atoms with Crippen LogP contribution in [-0.2, 0) is 7.05 Å². The Hall–Kier alpha value is -0.610. The third kappa shape index (κ3) is 1.44. The highest BCUT2D eigenvalue weighted by Crippen LogP contribution is 2.29. The highest BCUT2D eigenvalue weighted by Gasteiger charge is 2.02. The molecule has 0 amide bonds. The molecule has 2 rings (SSSR count). The molecule has 0 bridgehead atoms. The summed E-state index contributed by atoms with van der Waals surface area (Å²) < 4.78 is 3.09. The highest BCUT2D eigenvalue weighted by molar-refractivity contribution is 9.11. The highest BCUT2D eigenvalue weighted by atomic mass is 79.9. The summed E-state index contributed by atoms with van der Waals surface area (Å²) in [5.74, 6) is 0. The zero-order valence-electron chi connectivity index (χ0n) is 6.49. The number of halogens is 1. The molecule has 0 unspecified atom stereocenters. The quantitative estimate of drug-likeness (QED) is 0.752. The third-order valence-electron chi connectivity index (χ3n) is 1.53. The minimum atomic E-state index is 1.04. The first-order valence-electron chi connectivity index (χ1n) is 3.49. The Labute approximate surface area is 83.0 Å². The summed E-state index contributed by atoms with van der Waals surface area (Å²) in [6.45, 7) is 0. The van der Waals surface area contributed by atoms with Gasteiger partial charge in [-0.25, -0.2) is 4.98 Å². The fraction of sp³-hybridized carbons (Fsp3) is 0.125. The van der Waals surface area contributed by atoms with Crippen LogP contribution in [0.3, 0.4) is 0 Å². The van der Waals surface area contributed by atoms with Crippen molar-refractivity contribution < 1.29 is 0 Å². The van der Waals surface area contributed by atoms with Crippen molar-refractivity contribution >= 4 is 27.3 Å². The van der Waals surface area contributed by atoms with E-state index in [4.69, 9.17) is 0 Å². The molecule has 0 spiro atoms. The standard InChI is InChI=1S/C8H7BrN2S/c1-11-4-6(10-5-11)7-2-3-8(9)12-7/h2-5H,1H3. The summed E-state index contributed by atoms with van der Waals surface area (Å²) >= 11 is 5.12. The monoisotopic (exact) mass is 242 g/mol. The van der Waals surface area contributed by atoms with E-state index in [0.717, 1.165) is 9.48 Å². The fourth-order valence-electron chi connectivity index (χ4n) is 0.992. The maximum Gasteiger partial charge on any atom is 0.0982 e. The molecule has 0 saturated carbocycles. The summed E-state index contributed by atoms with van der Waals surface area (Å²) in [5, 5.41) is 0. The lowest BCUT2D eigenvalue weighted by Crippen LogP contribution is -1.77. The van der Waals surface area contributed by atoms with Crippen LogP contribution in [0.4, 0.5) is 0 Å². The average Bonchev–Trinajstić information content (AvgIpc) is 2.58. The molecule has 2 aromatic rings. The van der Waals surface area contributed by atoms with Gasteiger partial charge in [-0.2, -0.15) is 0 Å². The average molecular weight is 243 g/mol. The molecule has 0 aliphatic rings. The van der Waals surface area contributed by atoms with Crippen LogP contribution in [0, 0.1) is 0 Å². The van der Waals surface area contributed by atoms with Crippen LogP contribution >= 0.6 is 27.3 Å². The Kier molecular flexibility index (Phi) is 2.02. The van der Waals surface area contributed by atoms with Gasteiger partial charge >= 0.3 is 0 Å². The molecule has 4 heteroatoms. The van der Waals surface area contributed by atoms with Gasteiger partial charge in [-0.3, -0.25) is 0 Å². The molecule has 0 aliphatic heterocycles. The summed E-state index contributed by atoms with van der Waals surface area (Å²) in [7, 11) is 1.97. The maximum atomic E-state index is 4.25. The Bertz CT molecular complexity index is 353. The molecule has 2 aromatic heterocycles. The van der Waals surface area contributed by atoms with Crippen molar-refractivity contribution in [3.05, 3.63) is 28.4 Å². The second-order valence-corrected chi connectivity index (χ2v) is 4.99. The molecular formula is C8H7BrN2S. The van der Waals surface area contributed by atoms with Gasteiger partial charge in [0.05, 0.1) is 20.7 Å². The zero-order chi connectivity index (χ0) is 8.55. The first-order valence-corrected chi connectivity index (χ1v) is 5.10. The summed E-state index contributed by atoms with van der Waals surface area (Å²) in [5.41, 5.74) is 1.04. The van der Waals surface area contributed by atoms with Crippen molar-refractivity contribution in [2.45, 2.75) is 0 Å². The van der Waals surface area contributed by atoms with Gasteiger partial charge in [-0.1, -0.05) is 0 Å². The minimum absolute atomic E-state index is 1.04. The predicted octanol–water partition coefficient (Wildman–Crippen LogP) is 2.91. The van der Waals surface area contributed by atoms with Gasteiger partial charge < -0.3 is 4.57 Å². The minimum Gasteiger partial charge on any atom is -0.340 e. The molecule has 0 radical (unpaired) electrons. The second kappa shape index (κ2) is 3.03. The first-order chi connectivity index (χ1) is 5.75. The number of rotatable bonds is 1. The van der Waals surface area contributed by atoms with Gasteiger partial charge in [0, 0.05) is 13.2 Å². The van der Waals surface area contributed by atoms with Crippen LogP contribution in [0.5, 0.6) is 0 Å². The number of imidazole rings is 1. The van der Waals surface area contributed by atoms with Gasteiger partial charge in [0.25, 0.3) is 0 Å². The fourth-order valence-corrected chi connectivity index (χ4v) is 2.34. The van der Waals surface area contributed by atoms with E-state index in [1.807, 2.05) is 30.2 Å². The maximum absolute atomic E-state index is 4.25. The van der Waals surface area contributed by atoms with Crippen molar-refractivity contribution in [2.24, 2.45) is 7.05 Å². The SMILES string of the molecule is Cn1cnc(-c2ccc(Br)s2)c1. The predicted molar refractivity (Wildman–Crippen MR) is 54.2 cm³/mol. The van der Waals surface area contributed by atoms with E-state index < -0.39 is 0 Å². The van der Waals surface area contributed by atoms with E-state index in [1.165, 1.54) is 4.88 Å². The van der Waals surface area contributed by atoms with Crippen molar-refractivity contribution in [3.63, 3.8) is 0 Å². The van der Waals surface area contributed by atoms with Gasteiger partial charge in [0.15, 0.2) is 0 Å². The van der Waals surface area contributed by atoms with E-state index in [2.05, 4.69) is 27.0 Å². The lowest BCUT2D eigenvalue weighted by molar-refractivity contribution is 0.913. The van der Waals surface area contributed by atoms with Gasteiger partial charge in [-0.05, 0) is 28.1 Å². The first kappa shape index (κ1) is 8.01. The number of thiophene rings is 1. The molecule has 0 saturated heterocycles. The van der Waals surface area contributed by atoms with E-state index in [9.17, 15) is 0 Å². The Morgan fingerprint density at radius 1 is 1.50 bits per heavy atom. The lowest BCUT2D eigenvalue weighted by Gasteiger charge is -1.86. The third-order valence-corrected chi connectivity index (χ3v) is 3.18. The molecule has 2 heterocycles. The smallest absolute Gasteiger partial charge is 0.0982 e. The Balaban J connectivity index is 2.43. The molecule has 0 aliphatic carbocycles. The van der Waals surface area contributed by atoms with Crippen LogP contribution in [0.25, 0.3) is 10.6 Å². The van der Waals surface area contributed by atoms with Crippen molar-refractivity contribution in [2.75, 3.05) is 0 Å². The zero-order valence-corrected chi connectivity index (χ0v) is 8.89. The second-order valence-electron chi connectivity index (χ2n) is 2.53. The molecule has 12 heavy (non-hydrogen) atoms. The molecule has 0 aromatic carbocycles. The number of aryl methyl sites for hydroxylation is 1. The molecule has 0 fully saturated rings. The van der Waals surface area contributed by atoms with Gasteiger partial charge in [-0.15, -0.1) is 11.3 Å². The summed E-state index contributed by atoms with van der Waals surface area (Å²) in [6, 6.07) is 4.10. The van der Waals surface area contributed by atoms with Crippen molar-refractivity contribution in [3.8, 4) is 10.6 Å². The van der Waals surface area contributed by atoms with E-state index >= 15 is 0 Å². The van der Waals surface area contributed by atoms with E-state index in [-0.39, 0.29) is 0 Å². The Morgan fingerprint density at radius 2 is 2.33 bits per heavy atom. The molecule has 0 N–H and O–H groups in total. The molecule has 2 nitrogen and oxygen atoms in total. The van der Waals surface area contributed by atoms with Crippen LogP contribution in [0.2, 0.25) is 0 Å². The normalized spacial score (nSPS) is 10.5. The lowest BCUT2D eigenvalue weighted by atomic mass is 10.4. The number of hydrogen-bond donors (Lipinski definition) is 0. The summed E-state index contributed by atoms with van der Waals surface area (Å²) in [4.78, 5) is 5.45. The van der Waals surface area contributed by atoms with Gasteiger partial charge in [0.2, 0.25) is 0 Å². The number of aromatic nitrogens is 2. The number of nitrogens with zero attached hydrogens (tertiary/aromatic N) is 2. The summed E-state index contributed by atoms with van der Waals surface area (Å²) in [6.07, 6.45) is 3.82. The molecular weight excluding hydrogens is 236 g/mol. The van der Waals surface area contributed by atoms with Crippen LogP contribution in [0.1, 0.15) is 0 Å². The van der Waals surface area contributed by atoms with E-state index in [0.29, 0.717) is 0 Å². The molecule has 0 atom stereocenters. The topological polar surface area (TPSA) is 17.8 Å².